The lowest BCUT2D eigenvalue weighted by atomic mass is 9.98. The molecule has 1 N–H and O–H groups in total. The van der Waals surface area contributed by atoms with Gasteiger partial charge in [-0.05, 0) is 86.9 Å². The van der Waals surface area contributed by atoms with Gasteiger partial charge < -0.3 is 24.2 Å². The first-order valence-electron chi connectivity index (χ1n) is 13.3. The van der Waals surface area contributed by atoms with E-state index >= 15 is 0 Å². The monoisotopic (exact) mass is 565 g/mol. The Labute approximate surface area is 235 Å². The third kappa shape index (κ3) is 10.4. The number of ether oxygens (including phenoxy) is 3. The summed E-state index contributed by atoms with van der Waals surface area (Å²) in [5.41, 5.74) is 1.87. The van der Waals surface area contributed by atoms with Crippen LogP contribution in [0.4, 0.5) is 4.79 Å². The van der Waals surface area contributed by atoms with Gasteiger partial charge in [0.25, 0.3) is 0 Å². The van der Waals surface area contributed by atoms with Crippen molar-refractivity contribution < 1.29 is 28.9 Å². The Morgan fingerprint density at radius 3 is 2.32 bits per heavy atom. The van der Waals surface area contributed by atoms with Crippen molar-refractivity contribution in [3.05, 3.63) is 63.6 Å². The molecule has 1 unspecified atom stereocenters. The number of rotatable bonds is 14. The van der Waals surface area contributed by atoms with Crippen LogP contribution in [0, 0.1) is 0 Å². The number of halogens is 2. The molecule has 9 heteroatoms. The number of aliphatic carboxylic acids is 1. The number of carboxylic acid groups (broad SMARTS) is 1. The van der Waals surface area contributed by atoms with Crippen LogP contribution < -0.4 is 4.74 Å². The fraction of sp³-hybridized carbons (Fsp3) is 0.517. The van der Waals surface area contributed by atoms with Crippen molar-refractivity contribution in [3.8, 4) is 5.75 Å². The van der Waals surface area contributed by atoms with Gasteiger partial charge in [0.1, 0.15) is 18.5 Å². The van der Waals surface area contributed by atoms with Gasteiger partial charge in [0.05, 0.1) is 6.54 Å². The number of aryl methyl sites for hydroxylation is 1. The van der Waals surface area contributed by atoms with Gasteiger partial charge in [0, 0.05) is 29.6 Å². The van der Waals surface area contributed by atoms with Gasteiger partial charge in [0.15, 0.2) is 6.10 Å². The van der Waals surface area contributed by atoms with Crippen LogP contribution in [0.3, 0.4) is 0 Å². The van der Waals surface area contributed by atoms with Crippen molar-refractivity contribution in [2.24, 2.45) is 0 Å². The smallest absolute Gasteiger partial charge is 0.410 e. The van der Waals surface area contributed by atoms with Gasteiger partial charge in [-0.1, -0.05) is 41.8 Å². The number of nitrogens with zero attached hydrogens (tertiary/aromatic N) is 1. The van der Waals surface area contributed by atoms with E-state index in [9.17, 15) is 14.7 Å². The number of benzene rings is 2. The topological polar surface area (TPSA) is 85.3 Å². The molecule has 1 fully saturated rings. The SMILES string of the molecule is CCOC(Cc1ccc(OCCN(CCCc2cc(Cl)cc(Cl)c2)C(=O)OC2CCCCC2)cc1)C(=O)O. The molecule has 1 aliphatic rings. The molecule has 0 aromatic heterocycles. The predicted molar refractivity (Wildman–Crippen MR) is 148 cm³/mol. The lowest BCUT2D eigenvalue weighted by Gasteiger charge is -2.27. The highest BCUT2D eigenvalue weighted by molar-refractivity contribution is 6.34. The Morgan fingerprint density at radius 2 is 1.68 bits per heavy atom. The third-order valence-electron chi connectivity index (χ3n) is 6.51. The van der Waals surface area contributed by atoms with Crippen LogP contribution in [0.1, 0.15) is 56.6 Å². The van der Waals surface area contributed by atoms with E-state index in [2.05, 4.69) is 0 Å². The Kier molecular flexibility index (Phi) is 12.5. The summed E-state index contributed by atoms with van der Waals surface area (Å²) in [6, 6.07) is 12.7. The summed E-state index contributed by atoms with van der Waals surface area (Å²) in [6.07, 6.45) is 5.72. The number of carboxylic acids is 1. The second-order valence-electron chi connectivity index (χ2n) is 9.49. The molecule has 0 radical (unpaired) electrons. The minimum Gasteiger partial charge on any atom is -0.492 e. The Morgan fingerprint density at radius 1 is 1.00 bits per heavy atom. The highest BCUT2D eigenvalue weighted by Crippen LogP contribution is 2.22. The van der Waals surface area contributed by atoms with Crippen LogP contribution in [0.5, 0.6) is 5.75 Å². The van der Waals surface area contributed by atoms with Crippen LogP contribution >= 0.6 is 23.2 Å². The maximum absolute atomic E-state index is 13.0. The van der Waals surface area contributed by atoms with E-state index in [0.29, 0.717) is 42.1 Å². The fourth-order valence-electron chi connectivity index (χ4n) is 4.55. The molecule has 7 nitrogen and oxygen atoms in total. The van der Waals surface area contributed by atoms with Gasteiger partial charge in [-0.25, -0.2) is 9.59 Å². The number of amides is 1. The fourth-order valence-corrected chi connectivity index (χ4v) is 5.12. The van der Waals surface area contributed by atoms with Crippen molar-refractivity contribution >= 4 is 35.3 Å². The zero-order chi connectivity index (χ0) is 27.3. The molecule has 3 rings (SSSR count). The summed E-state index contributed by atoms with van der Waals surface area (Å²) in [7, 11) is 0. The summed E-state index contributed by atoms with van der Waals surface area (Å²) >= 11 is 12.2. The zero-order valence-electron chi connectivity index (χ0n) is 21.9. The average Bonchev–Trinajstić information content (AvgIpc) is 2.88. The van der Waals surface area contributed by atoms with Crippen molar-refractivity contribution in [2.45, 2.75) is 70.5 Å². The van der Waals surface area contributed by atoms with Crippen LogP contribution in [-0.2, 0) is 27.1 Å². The van der Waals surface area contributed by atoms with Gasteiger partial charge in [-0.15, -0.1) is 0 Å². The lowest BCUT2D eigenvalue weighted by molar-refractivity contribution is -0.149. The van der Waals surface area contributed by atoms with Crippen LogP contribution in [0.15, 0.2) is 42.5 Å². The molecule has 0 saturated heterocycles. The minimum absolute atomic E-state index is 0.0229. The van der Waals surface area contributed by atoms with Gasteiger partial charge in [-0.3, -0.25) is 0 Å². The number of hydrogen-bond acceptors (Lipinski definition) is 5. The molecule has 1 saturated carbocycles. The third-order valence-corrected chi connectivity index (χ3v) is 6.95. The maximum Gasteiger partial charge on any atom is 0.410 e. The molecule has 0 bridgehead atoms. The Hall–Kier alpha value is -2.48. The van der Waals surface area contributed by atoms with E-state index in [4.69, 9.17) is 37.4 Å². The average molecular weight is 567 g/mol. The molecule has 38 heavy (non-hydrogen) atoms. The number of carbonyl (C=O) groups is 2. The second-order valence-corrected chi connectivity index (χ2v) is 10.4. The van der Waals surface area contributed by atoms with Gasteiger partial charge >= 0.3 is 12.1 Å². The van der Waals surface area contributed by atoms with Crippen molar-refractivity contribution in [2.75, 3.05) is 26.3 Å². The lowest BCUT2D eigenvalue weighted by Crippen LogP contribution is -2.38. The summed E-state index contributed by atoms with van der Waals surface area (Å²) in [4.78, 5) is 26.0. The van der Waals surface area contributed by atoms with Gasteiger partial charge in [0.2, 0.25) is 0 Å². The largest absolute Gasteiger partial charge is 0.492 e. The second kappa shape index (κ2) is 15.8. The van der Waals surface area contributed by atoms with E-state index < -0.39 is 12.1 Å². The molecule has 0 heterocycles. The normalized spacial score (nSPS) is 14.6. The van der Waals surface area contributed by atoms with E-state index in [1.54, 1.807) is 30.0 Å². The van der Waals surface area contributed by atoms with Crippen LogP contribution in [0.25, 0.3) is 0 Å². The van der Waals surface area contributed by atoms with E-state index in [1.807, 2.05) is 24.3 Å². The summed E-state index contributed by atoms with van der Waals surface area (Å²) in [6.45, 7) is 3.32. The maximum atomic E-state index is 13.0. The summed E-state index contributed by atoms with van der Waals surface area (Å²) in [5, 5.41) is 10.5. The highest BCUT2D eigenvalue weighted by Gasteiger charge is 2.22. The molecule has 1 atom stereocenters. The van der Waals surface area contributed by atoms with E-state index in [0.717, 1.165) is 49.7 Å². The molecule has 0 aliphatic heterocycles. The van der Waals surface area contributed by atoms with Crippen LogP contribution in [0.2, 0.25) is 10.0 Å². The number of hydrogen-bond donors (Lipinski definition) is 1. The van der Waals surface area contributed by atoms with Crippen molar-refractivity contribution in [3.63, 3.8) is 0 Å². The Bertz CT molecular complexity index is 1010. The van der Waals surface area contributed by atoms with Gasteiger partial charge in [-0.2, -0.15) is 0 Å². The standard InChI is InChI=1S/C29H37Cl2NO6/c1-2-36-27(28(33)34)19-21-10-12-25(13-11-21)37-16-15-32(29(35)38-26-8-4-3-5-9-26)14-6-7-22-17-23(30)20-24(31)18-22/h10-13,17-18,20,26-27H,2-9,14-16,19H2,1H3,(H,33,34). The molecular formula is C29H37Cl2NO6. The van der Waals surface area contributed by atoms with E-state index in [-0.39, 0.29) is 18.6 Å². The molecule has 2 aromatic rings. The molecule has 2 aromatic carbocycles. The molecule has 1 amide bonds. The van der Waals surface area contributed by atoms with E-state index in [1.165, 1.54) is 6.42 Å². The first-order valence-corrected chi connectivity index (χ1v) is 14.1. The molecule has 1 aliphatic carbocycles. The summed E-state index contributed by atoms with van der Waals surface area (Å²) in [5.74, 6) is -0.336. The molecule has 0 spiro atoms. The first-order chi connectivity index (χ1) is 18.3. The highest BCUT2D eigenvalue weighted by atomic mass is 35.5. The quantitative estimate of drug-likeness (QED) is 0.271. The molecular weight excluding hydrogens is 529 g/mol. The summed E-state index contributed by atoms with van der Waals surface area (Å²) < 4.78 is 17.0. The van der Waals surface area contributed by atoms with Crippen molar-refractivity contribution in [1.82, 2.24) is 4.90 Å². The van der Waals surface area contributed by atoms with Crippen LogP contribution in [-0.4, -0.2) is 60.6 Å². The number of carbonyl (C=O) groups excluding carboxylic acids is 1. The predicted octanol–water partition coefficient (Wildman–Crippen LogP) is 6.81. The Balaban J connectivity index is 1.53. The first kappa shape index (κ1) is 30.1. The van der Waals surface area contributed by atoms with Crippen molar-refractivity contribution in [1.29, 1.82) is 0 Å². The molecule has 208 valence electrons. The minimum atomic E-state index is -0.981. The zero-order valence-corrected chi connectivity index (χ0v) is 23.4.